The number of methoxy groups -OCH3 is 2. The predicted molar refractivity (Wildman–Crippen MR) is 91.7 cm³/mol. The quantitative estimate of drug-likeness (QED) is 0.707. The Morgan fingerprint density at radius 2 is 1.92 bits per heavy atom. The normalized spacial score (nSPS) is 11.2. The van der Waals surface area contributed by atoms with Gasteiger partial charge in [0.05, 0.1) is 19.9 Å². The van der Waals surface area contributed by atoms with Crippen molar-refractivity contribution >= 4 is 15.7 Å². The Morgan fingerprint density at radius 3 is 2.54 bits per heavy atom. The molecule has 0 unspecified atom stereocenters. The van der Waals surface area contributed by atoms with E-state index in [2.05, 4.69) is 14.8 Å². The first-order chi connectivity index (χ1) is 12.4. The van der Waals surface area contributed by atoms with Crippen LogP contribution in [0.1, 0.15) is 0 Å². The van der Waals surface area contributed by atoms with Crippen molar-refractivity contribution in [3.8, 4) is 17.2 Å². The number of hydrogen-bond acceptors (Lipinski definition) is 6. The third kappa shape index (κ3) is 3.45. The number of sulfonamides is 1. The molecule has 0 aliphatic heterocycles. The number of halogens is 1. The molecule has 0 saturated heterocycles. The van der Waals surface area contributed by atoms with Gasteiger partial charge < -0.3 is 9.47 Å². The molecule has 0 aliphatic rings. The molecule has 0 atom stereocenters. The van der Waals surface area contributed by atoms with Gasteiger partial charge in [-0.25, -0.2) is 22.5 Å². The Labute approximate surface area is 149 Å². The summed E-state index contributed by atoms with van der Waals surface area (Å²) in [7, 11) is -1.25. The molecule has 0 saturated carbocycles. The van der Waals surface area contributed by atoms with E-state index < -0.39 is 15.8 Å². The molecule has 8 nitrogen and oxygen atoms in total. The molecular weight excluding hydrogens is 363 g/mol. The molecule has 10 heteroatoms. The number of ether oxygens (including phenoxy) is 2. The maximum Gasteiger partial charge on any atom is 0.265 e. The van der Waals surface area contributed by atoms with Crippen molar-refractivity contribution in [2.45, 2.75) is 4.90 Å². The number of aromatic nitrogens is 3. The lowest BCUT2D eigenvalue weighted by Gasteiger charge is -2.13. The summed E-state index contributed by atoms with van der Waals surface area (Å²) in [6.07, 6.45) is 2.61. The highest BCUT2D eigenvalue weighted by molar-refractivity contribution is 7.92. The third-order valence-electron chi connectivity index (χ3n) is 3.53. The van der Waals surface area contributed by atoms with Gasteiger partial charge in [0.25, 0.3) is 10.0 Å². The summed E-state index contributed by atoms with van der Waals surface area (Å²) in [5.41, 5.74) is 0.195. The molecule has 1 heterocycles. The molecule has 0 aliphatic carbocycles. The number of anilines is 1. The van der Waals surface area contributed by atoms with E-state index in [-0.39, 0.29) is 22.0 Å². The molecule has 3 aromatic rings. The van der Waals surface area contributed by atoms with E-state index in [0.717, 1.165) is 6.07 Å². The minimum absolute atomic E-state index is 0.0521. The number of rotatable bonds is 6. The fourth-order valence-corrected chi connectivity index (χ4v) is 3.53. The average molecular weight is 378 g/mol. The number of benzene rings is 2. The van der Waals surface area contributed by atoms with Crippen LogP contribution in [-0.2, 0) is 10.0 Å². The van der Waals surface area contributed by atoms with Crippen LogP contribution in [0.4, 0.5) is 10.1 Å². The summed E-state index contributed by atoms with van der Waals surface area (Å²) in [6, 6.07) is 8.24. The largest absolute Gasteiger partial charge is 0.497 e. The summed E-state index contributed by atoms with van der Waals surface area (Å²) in [5, 5.41) is 3.84. The number of nitrogens with one attached hydrogen (secondary N) is 1. The molecular formula is C16H15FN4O4S. The fourth-order valence-electron chi connectivity index (χ4n) is 2.29. The predicted octanol–water partition coefficient (Wildman–Crippen LogP) is 2.22. The Balaban J connectivity index is 1.94. The molecule has 0 bridgehead atoms. The highest BCUT2D eigenvalue weighted by Gasteiger charge is 2.21. The van der Waals surface area contributed by atoms with Crippen molar-refractivity contribution < 1.29 is 22.3 Å². The summed E-state index contributed by atoms with van der Waals surface area (Å²) in [4.78, 5) is 3.62. The van der Waals surface area contributed by atoms with E-state index in [9.17, 15) is 12.8 Å². The van der Waals surface area contributed by atoms with Crippen LogP contribution < -0.4 is 14.2 Å². The van der Waals surface area contributed by atoms with E-state index in [4.69, 9.17) is 9.47 Å². The smallest absolute Gasteiger partial charge is 0.265 e. The molecule has 0 amide bonds. The van der Waals surface area contributed by atoms with Crippen LogP contribution in [-0.4, -0.2) is 37.4 Å². The van der Waals surface area contributed by atoms with Gasteiger partial charge in [0.2, 0.25) is 0 Å². The number of nitrogens with zero attached hydrogens (tertiary/aromatic N) is 3. The maximum absolute atomic E-state index is 14.3. The SMILES string of the molecule is COc1ccc(OC)c(S(=O)(=O)Nc2ccc(-n3cncn3)c(F)c2)c1. The van der Waals surface area contributed by atoms with Gasteiger partial charge in [-0.15, -0.1) is 0 Å². The maximum atomic E-state index is 14.3. The lowest BCUT2D eigenvalue weighted by molar-refractivity contribution is 0.392. The van der Waals surface area contributed by atoms with Gasteiger partial charge in [-0.3, -0.25) is 4.72 Å². The van der Waals surface area contributed by atoms with Crippen LogP contribution in [0.3, 0.4) is 0 Å². The van der Waals surface area contributed by atoms with E-state index in [1.807, 2.05) is 0 Å². The molecule has 1 aromatic heterocycles. The lowest BCUT2D eigenvalue weighted by Crippen LogP contribution is -2.14. The minimum atomic E-state index is -4.03. The Bertz CT molecular complexity index is 1020. The van der Waals surface area contributed by atoms with Gasteiger partial charge in [0.15, 0.2) is 5.82 Å². The molecule has 2 aromatic carbocycles. The summed E-state index contributed by atoms with van der Waals surface area (Å²) in [6.45, 7) is 0. The first kappa shape index (κ1) is 17.7. The monoisotopic (exact) mass is 378 g/mol. The third-order valence-corrected chi connectivity index (χ3v) is 4.93. The molecule has 1 N–H and O–H groups in total. The fraction of sp³-hybridized carbons (Fsp3) is 0.125. The lowest BCUT2D eigenvalue weighted by atomic mass is 10.3. The standard InChI is InChI=1S/C16H15FN4O4S/c1-24-12-4-6-15(25-2)16(8-12)26(22,23)20-11-3-5-14(13(17)7-11)21-10-18-9-19-21/h3-10,20H,1-2H3. The van der Waals surface area contributed by atoms with E-state index in [1.54, 1.807) is 6.07 Å². The van der Waals surface area contributed by atoms with Crippen molar-refractivity contribution in [1.82, 2.24) is 14.8 Å². The second-order valence-corrected chi connectivity index (χ2v) is 6.78. The van der Waals surface area contributed by atoms with Gasteiger partial charge >= 0.3 is 0 Å². The minimum Gasteiger partial charge on any atom is -0.497 e. The van der Waals surface area contributed by atoms with E-state index in [1.165, 1.54) is 55.8 Å². The van der Waals surface area contributed by atoms with Gasteiger partial charge in [0.1, 0.15) is 34.7 Å². The van der Waals surface area contributed by atoms with Crippen LogP contribution >= 0.6 is 0 Å². The second-order valence-electron chi connectivity index (χ2n) is 5.13. The zero-order chi connectivity index (χ0) is 18.7. The second kappa shape index (κ2) is 7.00. The van der Waals surface area contributed by atoms with Crippen molar-refractivity contribution in [3.63, 3.8) is 0 Å². The Morgan fingerprint density at radius 1 is 1.12 bits per heavy atom. The van der Waals surface area contributed by atoms with Crippen LogP contribution in [0.15, 0.2) is 53.9 Å². The zero-order valence-electron chi connectivity index (χ0n) is 13.9. The highest BCUT2D eigenvalue weighted by Crippen LogP contribution is 2.30. The molecule has 0 radical (unpaired) electrons. The van der Waals surface area contributed by atoms with Gasteiger partial charge in [0, 0.05) is 12.1 Å². The van der Waals surface area contributed by atoms with Crippen molar-refractivity contribution in [1.29, 1.82) is 0 Å². The van der Waals surface area contributed by atoms with E-state index in [0.29, 0.717) is 5.75 Å². The Kier molecular flexibility index (Phi) is 4.76. The topological polar surface area (TPSA) is 95.3 Å². The first-order valence-electron chi connectivity index (χ1n) is 7.34. The molecule has 3 rings (SSSR count). The van der Waals surface area contributed by atoms with E-state index >= 15 is 0 Å². The first-order valence-corrected chi connectivity index (χ1v) is 8.82. The summed E-state index contributed by atoms with van der Waals surface area (Å²) >= 11 is 0. The van der Waals surface area contributed by atoms with Crippen LogP contribution in [0.5, 0.6) is 11.5 Å². The van der Waals surface area contributed by atoms with Crippen LogP contribution in [0.2, 0.25) is 0 Å². The van der Waals surface area contributed by atoms with Gasteiger partial charge in [-0.2, -0.15) is 5.10 Å². The zero-order valence-corrected chi connectivity index (χ0v) is 14.7. The average Bonchev–Trinajstić information content (AvgIpc) is 3.15. The Hall–Kier alpha value is -3.14. The van der Waals surface area contributed by atoms with Crippen molar-refractivity contribution in [2.75, 3.05) is 18.9 Å². The molecule has 26 heavy (non-hydrogen) atoms. The van der Waals surface area contributed by atoms with Crippen molar-refractivity contribution in [2.24, 2.45) is 0 Å². The summed E-state index contributed by atoms with van der Waals surface area (Å²) < 4.78 is 53.3. The van der Waals surface area contributed by atoms with Crippen molar-refractivity contribution in [3.05, 3.63) is 54.9 Å². The van der Waals surface area contributed by atoms with Gasteiger partial charge in [-0.05, 0) is 24.3 Å². The summed E-state index contributed by atoms with van der Waals surface area (Å²) in [5.74, 6) is -0.176. The molecule has 0 spiro atoms. The highest BCUT2D eigenvalue weighted by atomic mass is 32.2. The molecule has 0 fully saturated rings. The van der Waals surface area contributed by atoms with Crippen LogP contribution in [0.25, 0.3) is 5.69 Å². The molecule has 136 valence electrons. The van der Waals surface area contributed by atoms with Crippen LogP contribution in [0, 0.1) is 5.82 Å². The number of hydrogen-bond donors (Lipinski definition) is 1. The van der Waals surface area contributed by atoms with Gasteiger partial charge in [-0.1, -0.05) is 0 Å².